The topological polar surface area (TPSA) is 38.1 Å². The number of carbonyl (C=O) groups excluding carboxylic acids is 1. The van der Waals surface area contributed by atoms with Gasteiger partial charge in [-0.25, -0.2) is 4.98 Å². The standard InChI is InChI=1S/C10H14BrN3O/c1-13-7-12-6-9(13)10(15)14(5-4-11)8-2-3-8/h6-8H,2-5H2,1H3. The third-order valence-electron chi connectivity index (χ3n) is 2.61. The Bertz CT molecular complexity index is 359. The van der Waals surface area contributed by atoms with Crippen molar-refractivity contribution < 1.29 is 4.79 Å². The second kappa shape index (κ2) is 4.35. The number of imidazole rings is 1. The van der Waals surface area contributed by atoms with Gasteiger partial charge in [0.1, 0.15) is 5.69 Å². The maximum atomic E-state index is 12.1. The summed E-state index contributed by atoms with van der Waals surface area (Å²) in [4.78, 5) is 18.0. The van der Waals surface area contributed by atoms with Crippen molar-refractivity contribution in [1.82, 2.24) is 14.5 Å². The molecule has 0 spiro atoms. The average molecular weight is 272 g/mol. The van der Waals surface area contributed by atoms with Crippen molar-refractivity contribution in [3.63, 3.8) is 0 Å². The molecule has 1 amide bonds. The number of carbonyl (C=O) groups is 1. The zero-order valence-electron chi connectivity index (χ0n) is 8.69. The van der Waals surface area contributed by atoms with Gasteiger partial charge in [0.2, 0.25) is 0 Å². The van der Waals surface area contributed by atoms with E-state index >= 15 is 0 Å². The second-order valence-electron chi connectivity index (χ2n) is 3.81. The van der Waals surface area contributed by atoms with Gasteiger partial charge in [-0.2, -0.15) is 0 Å². The number of nitrogens with zero attached hydrogens (tertiary/aromatic N) is 3. The number of aryl methyl sites for hydroxylation is 1. The van der Waals surface area contributed by atoms with Crippen molar-refractivity contribution in [2.75, 3.05) is 11.9 Å². The van der Waals surface area contributed by atoms with Gasteiger partial charge in [0, 0.05) is 25.0 Å². The van der Waals surface area contributed by atoms with Gasteiger partial charge < -0.3 is 9.47 Å². The van der Waals surface area contributed by atoms with Gasteiger partial charge >= 0.3 is 0 Å². The first kappa shape index (κ1) is 10.7. The van der Waals surface area contributed by atoms with E-state index in [0.29, 0.717) is 11.7 Å². The van der Waals surface area contributed by atoms with Gasteiger partial charge in [-0.1, -0.05) is 15.9 Å². The molecule has 0 atom stereocenters. The average Bonchev–Trinajstić information content (AvgIpc) is 2.97. The highest BCUT2D eigenvalue weighted by Crippen LogP contribution is 2.28. The maximum absolute atomic E-state index is 12.1. The van der Waals surface area contributed by atoms with E-state index in [0.717, 1.165) is 24.7 Å². The SMILES string of the molecule is Cn1cncc1C(=O)N(CCBr)C1CC1. The van der Waals surface area contributed by atoms with E-state index in [1.54, 1.807) is 17.1 Å². The van der Waals surface area contributed by atoms with Crippen LogP contribution in [0.25, 0.3) is 0 Å². The molecule has 0 radical (unpaired) electrons. The zero-order valence-corrected chi connectivity index (χ0v) is 10.3. The van der Waals surface area contributed by atoms with Crippen LogP contribution < -0.4 is 0 Å². The van der Waals surface area contributed by atoms with Crippen LogP contribution in [0, 0.1) is 0 Å². The first-order valence-corrected chi connectivity index (χ1v) is 6.19. The van der Waals surface area contributed by atoms with Crippen LogP contribution in [0.5, 0.6) is 0 Å². The Balaban J connectivity index is 2.14. The van der Waals surface area contributed by atoms with Crippen LogP contribution in [-0.2, 0) is 7.05 Å². The van der Waals surface area contributed by atoms with Crippen LogP contribution in [0.3, 0.4) is 0 Å². The first-order valence-electron chi connectivity index (χ1n) is 5.07. The molecule has 1 aliphatic rings. The van der Waals surface area contributed by atoms with E-state index in [1.165, 1.54) is 0 Å². The molecule has 4 nitrogen and oxygen atoms in total. The van der Waals surface area contributed by atoms with E-state index < -0.39 is 0 Å². The summed E-state index contributed by atoms with van der Waals surface area (Å²) in [5.41, 5.74) is 0.669. The van der Waals surface area contributed by atoms with Crippen molar-refractivity contribution in [2.45, 2.75) is 18.9 Å². The molecule has 1 fully saturated rings. The number of amides is 1. The van der Waals surface area contributed by atoms with Gasteiger partial charge in [-0.05, 0) is 12.8 Å². The monoisotopic (exact) mass is 271 g/mol. The molecule has 82 valence electrons. The lowest BCUT2D eigenvalue weighted by Crippen LogP contribution is -2.35. The van der Waals surface area contributed by atoms with E-state index in [-0.39, 0.29) is 5.91 Å². The lowest BCUT2D eigenvalue weighted by Gasteiger charge is -2.21. The Morgan fingerprint density at radius 2 is 2.47 bits per heavy atom. The minimum absolute atomic E-state index is 0.0944. The molecule has 5 heteroatoms. The molecule has 15 heavy (non-hydrogen) atoms. The fraction of sp³-hybridized carbons (Fsp3) is 0.600. The predicted octanol–water partition coefficient (Wildman–Crippen LogP) is 1.42. The summed E-state index contributed by atoms with van der Waals surface area (Å²) in [5.74, 6) is 0.0944. The Hall–Kier alpha value is -0.840. The van der Waals surface area contributed by atoms with Crippen LogP contribution in [0.1, 0.15) is 23.3 Å². The Morgan fingerprint density at radius 1 is 1.73 bits per heavy atom. The Kier molecular flexibility index (Phi) is 3.09. The fourth-order valence-electron chi connectivity index (χ4n) is 1.64. The summed E-state index contributed by atoms with van der Waals surface area (Å²) in [6.07, 6.45) is 5.56. The molecule has 1 saturated carbocycles. The summed E-state index contributed by atoms with van der Waals surface area (Å²) in [5, 5.41) is 0.826. The molecular weight excluding hydrogens is 258 g/mol. The van der Waals surface area contributed by atoms with Gasteiger partial charge in [-0.15, -0.1) is 0 Å². The molecule has 1 aromatic rings. The summed E-state index contributed by atoms with van der Waals surface area (Å²) >= 11 is 3.38. The minimum atomic E-state index is 0.0944. The summed E-state index contributed by atoms with van der Waals surface area (Å²) in [6.45, 7) is 0.773. The quantitative estimate of drug-likeness (QED) is 0.777. The number of alkyl halides is 1. The lowest BCUT2D eigenvalue weighted by molar-refractivity contribution is 0.0745. The van der Waals surface area contributed by atoms with Crippen molar-refractivity contribution in [1.29, 1.82) is 0 Å². The minimum Gasteiger partial charge on any atom is -0.334 e. The highest BCUT2D eigenvalue weighted by molar-refractivity contribution is 9.09. The smallest absolute Gasteiger partial charge is 0.272 e. The lowest BCUT2D eigenvalue weighted by atomic mass is 10.3. The van der Waals surface area contributed by atoms with Gasteiger partial charge in [0.25, 0.3) is 5.91 Å². The normalized spacial score (nSPS) is 15.3. The molecule has 0 N–H and O–H groups in total. The number of rotatable bonds is 4. The van der Waals surface area contributed by atoms with Crippen LogP contribution in [0.4, 0.5) is 0 Å². The Morgan fingerprint density at radius 3 is 2.93 bits per heavy atom. The molecular formula is C10H14BrN3O. The van der Waals surface area contributed by atoms with E-state index in [4.69, 9.17) is 0 Å². The fourth-order valence-corrected chi connectivity index (χ4v) is 2.02. The van der Waals surface area contributed by atoms with Crippen LogP contribution in [0.2, 0.25) is 0 Å². The molecule has 2 rings (SSSR count). The highest BCUT2D eigenvalue weighted by atomic mass is 79.9. The third kappa shape index (κ3) is 2.22. The maximum Gasteiger partial charge on any atom is 0.272 e. The van der Waals surface area contributed by atoms with Crippen molar-refractivity contribution in [3.05, 3.63) is 18.2 Å². The second-order valence-corrected chi connectivity index (χ2v) is 4.60. The molecule has 0 unspecified atom stereocenters. The van der Waals surface area contributed by atoms with Gasteiger partial charge in [0.05, 0.1) is 12.5 Å². The van der Waals surface area contributed by atoms with Crippen LogP contribution >= 0.6 is 15.9 Å². The number of hydrogen-bond acceptors (Lipinski definition) is 2. The third-order valence-corrected chi connectivity index (χ3v) is 2.96. The number of hydrogen-bond donors (Lipinski definition) is 0. The van der Waals surface area contributed by atoms with E-state index in [1.807, 2.05) is 11.9 Å². The van der Waals surface area contributed by atoms with E-state index in [2.05, 4.69) is 20.9 Å². The summed E-state index contributed by atoms with van der Waals surface area (Å²) in [7, 11) is 1.85. The molecule has 1 aliphatic carbocycles. The molecule has 0 bridgehead atoms. The van der Waals surface area contributed by atoms with Crippen LogP contribution in [0.15, 0.2) is 12.5 Å². The van der Waals surface area contributed by atoms with Crippen molar-refractivity contribution >= 4 is 21.8 Å². The number of aromatic nitrogens is 2. The van der Waals surface area contributed by atoms with Crippen molar-refractivity contribution in [3.8, 4) is 0 Å². The van der Waals surface area contributed by atoms with Gasteiger partial charge in [-0.3, -0.25) is 4.79 Å². The number of halogens is 1. The molecule has 0 saturated heterocycles. The molecule has 0 aliphatic heterocycles. The van der Waals surface area contributed by atoms with Crippen molar-refractivity contribution in [2.24, 2.45) is 7.05 Å². The predicted molar refractivity (Wildman–Crippen MR) is 61.1 cm³/mol. The molecule has 1 heterocycles. The summed E-state index contributed by atoms with van der Waals surface area (Å²) < 4.78 is 1.77. The largest absolute Gasteiger partial charge is 0.334 e. The summed E-state index contributed by atoms with van der Waals surface area (Å²) in [6, 6.07) is 0.449. The van der Waals surface area contributed by atoms with E-state index in [9.17, 15) is 4.79 Å². The Labute approximate surface area is 97.4 Å². The molecule has 1 aromatic heterocycles. The van der Waals surface area contributed by atoms with Crippen LogP contribution in [-0.4, -0.2) is 38.3 Å². The first-order chi connectivity index (χ1) is 7.24. The molecule has 0 aromatic carbocycles. The highest BCUT2D eigenvalue weighted by Gasteiger charge is 2.33. The van der Waals surface area contributed by atoms with Gasteiger partial charge in [0.15, 0.2) is 0 Å². The zero-order chi connectivity index (χ0) is 10.8.